The highest BCUT2D eigenvalue weighted by Gasteiger charge is 2.17. The molecule has 4 nitrogen and oxygen atoms in total. The zero-order valence-corrected chi connectivity index (χ0v) is 28.5. The summed E-state index contributed by atoms with van der Waals surface area (Å²) in [5.41, 5.74) is 6.80. The van der Waals surface area contributed by atoms with Gasteiger partial charge in [-0.1, -0.05) is 146 Å². The molecule has 2 aromatic heterocycles. The van der Waals surface area contributed by atoms with Gasteiger partial charge in [-0.3, -0.25) is 0 Å². The van der Waals surface area contributed by atoms with Crippen molar-refractivity contribution in [2.24, 2.45) is 0 Å². The number of benzene rings is 9. The van der Waals surface area contributed by atoms with E-state index in [9.17, 15) is 0 Å². The van der Waals surface area contributed by atoms with E-state index < -0.39 is 0 Å². The summed E-state index contributed by atoms with van der Waals surface area (Å²) in [5.74, 6) is 1.87. The first-order valence-corrected chi connectivity index (χ1v) is 17.9. The summed E-state index contributed by atoms with van der Waals surface area (Å²) in [7, 11) is 0. The van der Waals surface area contributed by atoms with Crippen molar-refractivity contribution in [2.75, 3.05) is 0 Å². The molecule has 53 heavy (non-hydrogen) atoms. The lowest BCUT2D eigenvalue weighted by atomic mass is 9.87. The quantitative estimate of drug-likeness (QED) is 0.174. The number of fused-ring (bicyclic) bond motifs is 11. The van der Waals surface area contributed by atoms with Crippen molar-refractivity contribution >= 4 is 65.0 Å². The summed E-state index contributed by atoms with van der Waals surface area (Å²) < 4.78 is 6.11. The standard InChI is InChI=1S/C49H29N3O/c1-2-12-31(13-3-1)47-50-48(52-49(51-47)33-26-27-45-42(28-33)38-18-10-11-21-44(38)53-45)32-24-22-30(23-25-32)41-29-43-36-16-5-4-14-34(36)35-15-6-8-19-39(35)46(43)40-20-9-7-17-37(40)41/h1-29H. The Kier molecular flexibility index (Phi) is 6.52. The van der Waals surface area contributed by atoms with Gasteiger partial charge in [0.05, 0.1) is 0 Å². The molecular weight excluding hydrogens is 647 g/mol. The van der Waals surface area contributed by atoms with E-state index in [1.54, 1.807) is 0 Å². The molecule has 0 unspecified atom stereocenters. The Morgan fingerprint density at radius 2 is 0.736 bits per heavy atom. The lowest BCUT2D eigenvalue weighted by Crippen LogP contribution is -2.00. The molecule has 0 aliphatic heterocycles. The first kappa shape index (κ1) is 29.5. The van der Waals surface area contributed by atoms with Crippen molar-refractivity contribution in [3.63, 3.8) is 0 Å². The number of rotatable bonds is 4. The van der Waals surface area contributed by atoms with Crippen molar-refractivity contribution in [1.29, 1.82) is 0 Å². The summed E-state index contributed by atoms with van der Waals surface area (Å²) in [6.45, 7) is 0. The largest absolute Gasteiger partial charge is 0.456 e. The van der Waals surface area contributed by atoms with Gasteiger partial charge in [0.2, 0.25) is 0 Å². The topological polar surface area (TPSA) is 51.8 Å². The third-order valence-corrected chi connectivity index (χ3v) is 10.5. The van der Waals surface area contributed by atoms with Gasteiger partial charge in [0, 0.05) is 27.5 Å². The fourth-order valence-electron chi connectivity index (χ4n) is 8.02. The maximum absolute atomic E-state index is 6.11. The number of hydrogen-bond acceptors (Lipinski definition) is 4. The molecule has 0 N–H and O–H groups in total. The van der Waals surface area contributed by atoms with E-state index in [0.717, 1.165) is 44.2 Å². The molecule has 0 aliphatic rings. The zero-order valence-electron chi connectivity index (χ0n) is 28.5. The lowest BCUT2D eigenvalue weighted by Gasteiger charge is -2.16. The molecule has 9 aromatic carbocycles. The Labute approximate surface area is 304 Å². The maximum Gasteiger partial charge on any atom is 0.164 e. The van der Waals surface area contributed by atoms with Crippen molar-refractivity contribution in [2.45, 2.75) is 0 Å². The minimum Gasteiger partial charge on any atom is -0.456 e. The van der Waals surface area contributed by atoms with Crippen LogP contribution in [0.2, 0.25) is 0 Å². The Bertz CT molecular complexity index is 3220. The average Bonchev–Trinajstić information content (AvgIpc) is 3.61. The molecule has 11 rings (SSSR count). The highest BCUT2D eigenvalue weighted by atomic mass is 16.3. The van der Waals surface area contributed by atoms with E-state index in [-0.39, 0.29) is 0 Å². The normalized spacial score (nSPS) is 11.8. The van der Waals surface area contributed by atoms with Gasteiger partial charge in [-0.05, 0) is 84.5 Å². The number of para-hydroxylation sites is 1. The van der Waals surface area contributed by atoms with Gasteiger partial charge in [0.25, 0.3) is 0 Å². The second kappa shape index (κ2) is 11.7. The van der Waals surface area contributed by atoms with Gasteiger partial charge < -0.3 is 4.42 Å². The van der Waals surface area contributed by atoms with Crippen LogP contribution in [-0.4, -0.2) is 15.0 Å². The van der Waals surface area contributed by atoms with Crippen LogP contribution >= 0.6 is 0 Å². The molecular formula is C49H29N3O. The average molecular weight is 676 g/mol. The third-order valence-electron chi connectivity index (χ3n) is 10.5. The molecule has 2 heterocycles. The van der Waals surface area contributed by atoms with Crippen molar-refractivity contribution in [3.05, 3.63) is 176 Å². The Balaban J connectivity index is 1.08. The molecule has 0 saturated carbocycles. The SMILES string of the molecule is c1ccc(-c2nc(-c3ccc(-c4cc5c6ccccc6c6ccccc6c5c5ccccc45)cc3)nc(-c3ccc4oc5ccccc5c4c3)n2)cc1. The second-order valence-electron chi connectivity index (χ2n) is 13.5. The Morgan fingerprint density at radius 3 is 1.43 bits per heavy atom. The van der Waals surface area contributed by atoms with Crippen LogP contribution in [0.5, 0.6) is 0 Å². The maximum atomic E-state index is 6.11. The van der Waals surface area contributed by atoms with E-state index in [1.807, 2.05) is 60.7 Å². The van der Waals surface area contributed by atoms with Gasteiger partial charge in [-0.2, -0.15) is 0 Å². The van der Waals surface area contributed by atoms with Crippen LogP contribution in [0.4, 0.5) is 0 Å². The van der Waals surface area contributed by atoms with Crippen molar-refractivity contribution < 1.29 is 4.42 Å². The van der Waals surface area contributed by atoms with Crippen LogP contribution in [0, 0.1) is 0 Å². The summed E-state index contributed by atoms with van der Waals surface area (Å²) in [6.07, 6.45) is 0. The van der Waals surface area contributed by atoms with Crippen LogP contribution in [-0.2, 0) is 0 Å². The van der Waals surface area contributed by atoms with Gasteiger partial charge in [-0.15, -0.1) is 0 Å². The van der Waals surface area contributed by atoms with Crippen LogP contribution < -0.4 is 0 Å². The second-order valence-corrected chi connectivity index (χ2v) is 13.5. The van der Waals surface area contributed by atoms with E-state index in [4.69, 9.17) is 19.4 Å². The Morgan fingerprint density at radius 1 is 0.283 bits per heavy atom. The third kappa shape index (κ3) is 4.73. The highest BCUT2D eigenvalue weighted by molar-refractivity contribution is 6.33. The molecule has 0 radical (unpaired) electrons. The van der Waals surface area contributed by atoms with Crippen LogP contribution in [0.3, 0.4) is 0 Å². The van der Waals surface area contributed by atoms with Gasteiger partial charge in [-0.25, -0.2) is 15.0 Å². The fourth-order valence-corrected chi connectivity index (χ4v) is 8.02. The summed E-state index contributed by atoms with van der Waals surface area (Å²) in [6, 6.07) is 61.7. The fraction of sp³-hybridized carbons (Fsp3) is 0. The molecule has 0 atom stereocenters. The van der Waals surface area contributed by atoms with E-state index >= 15 is 0 Å². The molecule has 0 fully saturated rings. The van der Waals surface area contributed by atoms with Crippen LogP contribution in [0.25, 0.3) is 110 Å². The predicted molar refractivity (Wildman–Crippen MR) is 219 cm³/mol. The minimum atomic E-state index is 0.615. The van der Waals surface area contributed by atoms with Gasteiger partial charge in [0.15, 0.2) is 17.5 Å². The smallest absolute Gasteiger partial charge is 0.164 e. The number of furan rings is 1. The van der Waals surface area contributed by atoms with E-state index in [2.05, 4.69) is 115 Å². The monoisotopic (exact) mass is 675 g/mol. The number of hydrogen-bond donors (Lipinski definition) is 0. The van der Waals surface area contributed by atoms with Crippen molar-refractivity contribution in [3.8, 4) is 45.3 Å². The summed E-state index contributed by atoms with van der Waals surface area (Å²) in [4.78, 5) is 15.1. The molecule has 0 spiro atoms. The summed E-state index contributed by atoms with van der Waals surface area (Å²) >= 11 is 0. The number of aromatic nitrogens is 3. The molecule has 0 amide bonds. The predicted octanol–water partition coefficient (Wildman–Crippen LogP) is 13.1. The molecule has 0 bridgehead atoms. The molecule has 4 heteroatoms. The minimum absolute atomic E-state index is 0.615. The number of nitrogens with zero attached hydrogens (tertiary/aromatic N) is 3. The summed E-state index contributed by atoms with van der Waals surface area (Å²) in [5, 5.41) is 12.2. The molecule has 246 valence electrons. The lowest BCUT2D eigenvalue weighted by molar-refractivity contribution is 0.669. The molecule has 0 saturated heterocycles. The van der Waals surface area contributed by atoms with E-state index in [0.29, 0.717) is 17.5 Å². The van der Waals surface area contributed by atoms with Crippen LogP contribution in [0.1, 0.15) is 0 Å². The van der Waals surface area contributed by atoms with Gasteiger partial charge in [0.1, 0.15) is 11.2 Å². The first-order valence-electron chi connectivity index (χ1n) is 17.9. The molecule has 11 aromatic rings. The zero-order chi connectivity index (χ0) is 34.9. The van der Waals surface area contributed by atoms with Gasteiger partial charge >= 0.3 is 0 Å². The van der Waals surface area contributed by atoms with E-state index in [1.165, 1.54) is 48.7 Å². The van der Waals surface area contributed by atoms with Crippen LogP contribution in [0.15, 0.2) is 180 Å². The highest BCUT2D eigenvalue weighted by Crippen LogP contribution is 2.43. The Hall–Kier alpha value is -7.17. The molecule has 0 aliphatic carbocycles. The first-order chi connectivity index (χ1) is 26.3. The van der Waals surface area contributed by atoms with Crippen molar-refractivity contribution in [1.82, 2.24) is 15.0 Å².